The Kier molecular flexibility index (Phi) is 4.39. The predicted octanol–water partition coefficient (Wildman–Crippen LogP) is 1.49. The molecule has 0 saturated carbocycles. The van der Waals surface area contributed by atoms with Gasteiger partial charge in [0.05, 0.1) is 24.1 Å². The number of nitrogens with one attached hydrogen (secondary N) is 3. The Morgan fingerprint density at radius 2 is 2.12 bits per heavy atom. The lowest BCUT2D eigenvalue weighted by atomic mass is 10.0. The van der Waals surface area contributed by atoms with E-state index in [1.165, 1.54) is 7.11 Å². The molecule has 92 valence electrons. The summed E-state index contributed by atoms with van der Waals surface area (Å²) in [5.74, 6) is 0.103. The fourth-order valence-corrected chi connectivity index (χ4v) is 1.47. The van der Waals surface area contributed by atoms with Crippen LogP contribution in [0.5, 0.6) is 0 Å². The van der Waals surface area contributed by atoms with Crippen LogP contribution >= 0.6 is 0 Å². The normalized spacial score (nSPS) is 10.9. The summed E-state index contributed by atoms with van der Waals surface area (Å²) in [5.41, 5.74) is 8.84. The lowest BCUT2D eigenvalue weighted by Crippen LogP contribution is -2.08. The first kappa shape index (κ1) is 12.9. The van der Waals surface area contributed by atoms with Gasteiger partial charge in [0.25, 0.3) is 0 Å². The van der Waals surface area contributed by atoms with Crippen molar-refractivity contribution >= 4 is 22.8 Å². The highest BCUT2D eigenvalue weighted by molar-refractivity contribution is 6.18. The maximum atomic E-state index is 7.73. The summed E-state index contributed by atoms with van der Waals surface area (Å²) < 4.78 is 4.95. The molecule has 0 bridgehead atoms. The molecular formula is C12H18N4O. The summed E-state index contributed by atoms with van der Waals surface area (Å²) in [7, 11) is 5.06. The van der Waals surface area contributed by atoms with Gasteiger partial charge in [-0.2, -0.15) is 0 Å². The number of nitrogens with two attached hydrogens (primary N) is 1. The molecular weight excluding hydrogens is 216 g/mol. The van der Waals surface area contributed by atoms with E-state index >= 15 is 0 Å². The average Bonchev–Trinajstić information content (AvgIpc) is 2.36. The zero-order valence-electron chi connectivity index (χ0n) is 10.3. The van der Waals surface area contributed by atoms with E-state index in [4.69, 9.17) is 15.9 Å². The minimum atomic E-state index is 0.103. The Balaban J connectivity index is 3.20. The van der Waals surface area contributed by atoms with E-state index in [-0.39, 0.29) is 5.90 Å². The Morgan fingerprint density at radius 3 is 2.65 bits per heavy atom. The standard InChI is InChI=1S/C12H18N4O/c1-15-7-9(12(14)17-3)8-4-5-10(13)11(6-8)16-2/h4-7,14-16H,13H2,1-3H3/b9-7-,14-12?. The second-order valence-corrected chi connectivity index (χ2v) is 3.43. The molecule has 0 atom stereocenters. The van der Waals surface area contributed by atoms with Crippen molar-refractivity contribution in [3.63, 3.8) is 0 Å². The SMILES string of the molecule is CN/C=C(\C(=N)OC)c1ccc(N)c(NC)c1. The molecule has 1 aromatic carbocycles. The highest BCUT2D eigenvalue weighted by Gasteiger charge is 2.10. The summed E-state index contributed by atoms with van der Waals surface area (Å²) >= 11 is 0. The number of rotatable bonds is 4. The van der Waals surface area contributed by atoms with Crippen LogP contribution in [0.4, 0.5) is 11.4 Å². The third kappa shape index (κ3) is 2.90. The van der Waals surface area contributed by atoms with Crippen LogP contribution in [0.15, 0.2) is 24.4 Å². The molecule has 5 N–H and O–H groups in total. The molecule has 0 aliphatic heterocycles. The van der Waals surface area contributed by atoms with Crippen molar-refractivity contribution in [2.75, 3.05) is 32.3 Å². The third-order valence-electron chi connectivity index (χ3n) is 2.37. The van der Waals surface area contributed by atoms with Gasteiger partial charge >= 0.3 is 0 Å². The first-order chi connectivity index (χ1) is 8.13. The summed E-state index contributed by atoms with van der Waals surface area (Å²) in [6.45, 7) is 0. The smallest absolute Gasteiger partial charge is 0.215 e. The fraction of sp³-hybridized carbons (Fsp3) is 0.250. The van der Waals surface area contributed by atoms with Crippen molar-refractivity contribution in [2.24, 2.45) is 0 Å². The Morgan fingerprint density at radius 1 is 1.41 bits per heavy atom. The van der Waals surface area contributed by atoms with Crippen LogP contribution in [-0.4, -0.2) is 27.1 Å². The molecule has 1 rings (SSSR count). The third-order valence-corrected chi connectivity index (χ3v) is 2.37. The van der Waals surface area contributed by atoms with Crippen molar-refractivity contribution in [1.29, 1.82) is 5.41 Å². The van der Waals surface area contributed by atoms with Gasteiger partial charge in [0.2, 0.25) is 5.90 Å². The van der Waals surface area contributed by atoms with Crippen LogP contribution in [-0.2, 0) is 4.74 Å². The van der Waals surface area contributed by atoms with E-state index in [0.717, 1.165) is 11.3 Å². The van der Waals surface area contributed by atoms with E-state index in [0.29, 0.717) is 11.3 Å². The van der Waals surface area contributed by atoms with Gasteiger partial charge in [0, 0.05) is 20.3 Å². The van der Waals surface area contributed by atoms with Crippen LogP contribution < -0.4 is 16.4 Å². The number of nitrogen functional groups attached to an aromatic ring is 1. The molecule has 0 unspecified atom stereocenters. The quantitative estimate of drug-likeness (QED) is 0.361. The second-order valence-electron chi connectivity index (χ2n) is 3.43. The van der Waals surface area contributed by atoms with Gasteiger partial charge in [0.15, 0.2) is 0 Å². The van der Waals surface area contributed by atoms with E-state index in [2.05, 4.69) is 10.6 Å². The molecule has 0 spiro atoms. The molecule has 0 aromatic heterocycles. The number of hydrogen-bond donors (Lipinski definition) is 4. The molecule has 0 aliphatic carbocycles. The van der Waals surface area contributed by atoms with E-state index in [1.54, 1.807) is 26.4 Å². The van der Waals surface area contributed by atoms with Crippen LogP contribution in [0, 0.1) is 5.41 Å². The highest BCUT2D eigenvalue weighted by Crippen LogP contribution is 2.24. The lowest BCUT2D eigenvalue weighted by Gasteiger charge is -2.11. The summed E-state index contributed by atoms with van der Waals surface area (Å²) in [6, 6.07) is 5.53. The number of methoxy groups -OCH3 is 1. The molecule has 1 aromatic rings. The number of anilines is 2. The van der Waals surface area contributed by atoms with Crippen molar-refractivity contribution in [3.8, 4) is 0 Å². The van der Waals surface area contributed by atoms with Crippen molar-refractivity contribution in [3.05, 3.63) is 30.0 Å². The molecule has 0 saturated heterocycles. The van der Waals surface area contributed by atoms with Gasteiger partial charge in [-0.3, -0.25) is 5.41 Å². The molecule has 0 heterocycles. The van der Waals surface area contributed by atoms with E-state index < -0.39 is 0 Å². The second kappa shape index (κ2) is 5.79. The van der Waals surface area contributed by atoms with E-state index in [1.807, 2.05) is 12.1 Å². The predicted molar refractivity (Wildman–Crippen MR) is 72.2 cm³/mol. The van der Waals surface area contributed by atoms with Crippen LogP contribution in [0.25, 0.3) is 5.57 Å². The van der Waals surface area contributed by atoms with Gasteiger partial charge in [-0.25, -0.2) is 0 Å². The number of ether oxygens (including phenoxy) is 1. The molecule has 5 heteroatoms. The molecule has 0 aliphatic rings. The molecule has 17 heavy (non-hydrogen) atoms. The number of hydrogen-bond acceptors (Lipinski definition) is 5. The average molecular weight is 234 g/mol. The van der Waals surface area contributed by atoms with Crippen LogP contribution in [0.3, 0.4) is 0 Å². The van der Waals surface area contributed by atoms with Crippen molar-refractivity contribution < 1.29 is 4.74 Å². The maximum absolute atomic E-state index is 7.73. The van der Waals surface area contributed by atoms with Gasteiger partial charge in [0.1, 0.15) is 0 Å². The monoisotopic (exact) mass is 234 g/mol. The minimum Gasteiger partial charge on any atom is -0.481 e. The maximum Gasteiger partial charge on any atom is 0.215 e. The van der Waals surface area contributed by atoms with Crippen LogP contribution in [0.2, 0.25) is 0 Å². The van der Waals surface area contributed by atoms with Crippen molar-refractivity contribution in [1.82, 2.24) is 5.32 Å². The highest BCUT2D eigenvalue weighted by atomic mass is 16.5. The first-order valence-electron chi connectivity index (χ1n) is 5.22. The van der Waals surface area contributed by atoms with Gasteiger partial charge < -0.3 is 21.1 Å². The minimum absolute atomic E-state index is 0.103. The topological polar surface area (TPSA) is 83.2 Å². The molecule has 5 nitrogen and oxygen atoms in total. The zero-order chi connectivity index (χ0) is 12.8. The largest absolute Gasteiger partial charge is 0.481 e. The van der Waals surface area contributed by atoms with Gasteiger partial charge in [-0.1, -0.05) is 6.07 Å². The van der Waals surface area contributed by atoms with Crippen molar-refractivity contribution in [2.45, 2.75) is 0 Å². The Bertz CT molecular complexity index is 440. The lowest BCUT2D eigenvalue weighted by molar-refractivity contribution is 0.405. The Labute approximate surface area is 101 Å². The molecule has 0 radical (unpaired) electrons. The van der Waals surface area contributed by atoms with Gasteiger partial charge in [-0.15, -0.1) is 0 Å². The van der Waals surface area contributed by atoms with Crippen LogP contribution in [0.1, 0.15) is 5.56 Å². The Hall–Kier alpha value is -2.17. The summed E-state index contributed by atoms with van der Waals surface area (Å²) in [5, 5.41) is 13.6. The van der Waals surface area contributed by atoms with E-state index in [9.17, 15) is 0 Å². The first-order valence-corrected chi connectivity index (χ1v) is 5.22. The van der Waals surface area contributed by atoms with Gasteiger partial charge in [-0.05, 0) is 17.7 Å². The molecule has 0 fully saturated rings. The summed E-state index contributed by atoms with van der Waals surface area (Å²) in [6.07, 6.45) is 1.72. The summed E-state index contributed by atoms with van der Waals surface area (Å²) in [4.78, 5) is 0. The number of benzene rings is 1. The molecule has 0 amide bonds. The fourth-order valence-electron chi connectivity index (χ4n) is 1.47. The zero-order valence-corrected chi connectivity index (χ0v) is 10.3.